The summed E-state index contributed by atoms with van der Waals surface area (Å²) in [4.78, 5) is 24.6. The molecule has 1 saturated heterocycles. The zero-order valence-corrected chi connectivity index (χ0v) is 19.5. The molecule has 1 aromatic heterocycles. The van der Waals surface area contributed by atoms with Gasteiger partial charge in [0.2, 0.25) is 0 Å². The summed E-state index contributed by atoms with van der Waals surface area (Å²) in [5, 5.41) is 2.96. The number of rotatable bonds is 8. The van der Waals surface area contributed by atoms with Gasteiger partial charge in [-0.2, -0.15) is 0 Å². The largest absolute Gasteiger partial charge is 0.497 e. The van der Waals surface area contributed by atoms with Crippen molar-refractivity contribution in [2.45, 2.75) is 38.6 Å². The SMILES string of the molecule is COc1cccc(CNC(=O)c2cnc([C@@H]3CCCN(CCc4ccccc4)C3)nc2C)c1. The van der Waals surface area contributed by atoms with Gasteiger partial charge >= 0.3 is 0 Å². The van der Waals surface area contributed by atoms with Gasteiger partial charge in [0, 0.05) is 31.7 Å². The van der Waals surface area contributed by atoms with Crippen LogP contribution in [0.15, 0.2) is 60.8 Å². The van der Waals surface area contributed by atoms with Crippen molar-refractivity contribution < 1.29 is 9.53 Å². The Hall–Kier alpha value is -3.25. The molecule has 0 bridgehead atoms. The number of methoxy groups -OCH3 is 1. The summed E-state index contributed by atoms with van der Waals surface area (Å²) in [6.07, 6.45) is 4.97. The van der Waals surface area contributed by atoms with E-state index in [-0.39, 0.29) is 5.91 Å². The number of amides is 1. The van der Waals surface area contributed by atoms with Gasteiger partial charge in [-0.25, -0.2) is 9.97 Å². The number of piperidine rings is 1. The average Bonchev–Trinajstić information content (AvgIpc) is 2.87. The van der Waals surface area contributed by atoms with Crippen LogP contribution in [0.4, 0.5) is 0 Å². The molecule has 0 unspecified atom stereocenters. The fraction of sp³-hybridized carbons (Fsp3) is 0.370. The molecule has 1 amide bonds. The third-order valence-corrected chi connectivity index (χ3v) is 6.26. The van der Waals surface area contributed by atoms with Gasteiger partial charge < -0.3 is 15.0 Å². The molecule has 0 radical (unpaired) electrons. The maximum atomic E-state index is 12.7. The Morgan fingerprint density at radius 2 is 1.97 bits per heavy atom. The van der Waals surface area contributed by atoms with Crippen molar-refractivity contribution in [1.29, 1.82) is 0 Å². The minimum atomic E-state index is -0.157. The summed E-state index contributed by atoms with van der Waals surface area (Å²) in [5.41, 5.74) is 3.61. The maximum absolute atomic E-state index is 12.7. The molecule has 0 saturated carbocycles. The first kappa shape index (κ1) is 22.9. The van der Waals surface area contributed by atoms with Crippen molar-refractivity contribution in [2.75, 3.05) is 26.7 Å². The van der Waals surface area contributed by atoms with Crippen molar-refractivity contribution >= 4 is 5.91 Å². The van der Waals surface area contributed by atoms with E-state index in [4.69, 9.17) is 9.72 Å². The van der Waals surface area contributed by atoms with E-state index in [0.29, 0.717) is 18.0 Å². The van der Waals surface area contributed by atoms with Gasteiger partial charge in [0.1, 0.15) is 11.6 Å². The van der Waals surface area contributed by atoms with E-state index in [9.17, 15) is 4.79 Å². The lowest BCUT2D eigenvalue weighted by molar-refractivity contribution is 0.0949. The number of hydrogen-bond acceptors (Lipinski definition) is 5. The molecule has 172 valence electrons. The molecule has 1 aliphatic heterocycles. The number of benzene rings is 2. The van der Waals surface area contributed by atoms with Crippen molar-refractivity contribution in [3.63, 3.8) is 0 Å². The highest BCUT2D eigenvalue weighted by atomic mass is 16.5. The molecule has 0 spiro atoms. The number of nitrogens with one attached hydrogen (secondary N) is 1. The van der Waals surface area contributed by atoms with Crippen molar-refractivity contribution in [1.82, 2.24) is 20.2 Å². The predicted octanol–water partition coefficient (Wildman–Crippen LogP) is 4.15. The summed E-state index contributed by atoms with van der Waals surface area (Å²) < 4.78 is 5.25. The molecule has 1 atom stereocenters. The van der Waals surface area contributed by atoms with Crippen LogP contribution >= 0.6 is 0 Å². The van der Waals surface area contributed by atoms with Crippen molar-refractivity contribution in [3.05, 3.63) is 89.0 Å². The van der Waals surface area contributed by atoms with Gasteiger partial charge in [0.05, 0.1) is 18.4 Å². The molecule has 2 aromatic carbocycles. The van der Waals surface area contributed by atoms with Crippen LogP contribution in [-0.2, 0) is 13.0 Å². The van der Waals surface area contributed by atoms with Gasteiger partial charge in [-0.05, 0) is 56.0 Å². The first-order valence-electron chi connectivity index (χ1n) is 11.6. The minimum absolute atomic E-state index is 0.157. The van der Waals surface area contributed by atoms with Crippen LogP contribution in [0.2, 0.25) is 0 Å². The highest BCUT2D eigenvalue weighted by Gasteiger charge is 2.24. The van der Waals surface area contributed by atoms with Crippen LogP contribution in [0.3, 0.4) is 0 Å². The fourth-order valence-electron chi connectivity index (χ4n) is 4.37. The molecule has 1 aliphatic rings. The second kappa shape index (κ2) is 11.1. The van der Waals surface area contributed by atoms with Gasteiger partial charge in [0.25, 0.3) is 5.91 Å². The van der Waals surface area contributed by atoms with Crippen LogP contribution in [0.5, 0.6) is 5.75 Å². The number of aryl methyl sites for hydroxylation is 1. The Kier molecular flexibility index (Phi) is 7.68. The van der Waals surface area contributed by atoms with Gasteiger partial charge in [-0.1, -0.05) is 42.5 Å². The van der Waals surface area contributed by atoms with Gasteiger partial charge in [-0.3, -0.25) is 4.79 Å². The Morgan fingerprint density at radius 3 is 2.76 bits per heavy atom. The fourth-order valence-corrected chi connectivity index (χ4v) is 4.37. The highest BCUT2D eigenvalue weighted by molar-refractivity contribution is 5.94. The molecular formula is C27H32N4O2. The number of aromatic nitrogens is 2. The van der Waals surface area contributed by atoms with E-state index >= 15 is 0 Å². The smallest absolute Gasteiger partial charge is 0.254 e. The highest BCUT2D eigenvalue weighted by Crippen LogP contribution is 2.25. The van der Waals surface area contributed by atoms with E-state index in [1.54, 1.807) is 13.3 Å². The van der Waals surface area contributed by atoms with E-state index < -0.39 is 0 Å². The molecule has 4 rings (SSSR count). The summed E-state index contributed by atoms with van der Waals surface area (Å²) in [5.74, 6) is 1.77. The van der Waals surface area contributed by atoms with E-state index in [2.05, 4.69) is 45.5 Å². The Bertz CT molecular complexity index is 1070. The van der Waals surface area contributed by atoms with Gasteiger partial charge in [-0.15, -0.1) is 0 Å². The molecule has 6 nitrogen and oxygen atoms in total. The van der Waals surface area contributed by atoms with Crippen LogP contribution in [0.25, 0.3) is 0 Å². The quantitative estimate of drug-likeness (QED) is 0.565. The monoisotopic (exact) mass is 444 g/mol. The minimum Gasteiger partial charge on any atom is -0.497 e. The van der Waals surface area contributed by atoms with Gasteiger partial charge in [0.15, 0.2) is 0 Å². The third kappa shape index (κ3) is 6.17. The Labute approximate surface area is 196 Å². The Balaban J connectivity index is 1.34. The molecule has 3 aromatic rings. The maximum Gasteiger partial charge on any atom is 0.254 e. The molecule has 2 heterocycles. The van der Waals surface area contributed by atoms with Crippen LogP contribution in [0, 0.1) is 6.92 Å². The zero-order chi connectivity index (χ0) is 23.0. The second-order valence-electron chi connectivity index (χ2n) is 8.64. The molecule has 1 fully saturated rings. The predicted molar refractivity (Wildman–Crippen MR) is 129 cm³/mol. The number of carbonyl (C=O) groups is 1. The summed E-state index contributed by atoms with van der Waals surface area (Å²) >= 11 is 0. The molecular weight excluding hydrogens is 412 g/mol. The lowest BCUT2D eigenvalue weighted by Gasteiger charge is -2.32. The van der Waals surface area contributed by atoms with E-state index in [0.717, 1.165) is 61.7 Å². The van der Waals surface area contributed by atoms with Crippen LogP contribution in [0.1, 0.15) is 51.8 Å². The lowest BCUT2D eigenvalue weighted by atomic mass is 9.96. The average molecular weight is 445 g/mol. The first-order chi connectivity index (χ1) is 16.1. The lowest BCUT2D eigenvalue weighted by Crippen LogP contribution is -2.36. The summed E-state index contributed by atoms with van der Waals surface area (Å²) in [6, 6.07) is 18.3. The summed E-state index contributed by atoms with van der Waals surface area (Å²) in [6.45, 7) is 5.45. The number of nitrogens with zero attached hydrogens (tertiary/aromatic N) is 3. The third-order valence-electron chi connectivity index (χ3n) is 6.26. The van der Waals surface area contributed by atoms with Crippen molar-refractivity contribution in [2.24, 2.45) is 0 Å². The van der Waals surface area contributed by atoms with E-state index in [1.807, 2.05) is 31.2 Å². The molecule has 6 heteroatoms. The zero-order valence-electron chi connectivity index (χ0n) is 19.5. The second-order valence-corrected chi connectivity index (χ2v) is 8.64. The standard InChI is InChI=1S/C27H32N4O2/c1-20-25(27(32)29-17-22-10-6-12-24(16-22)33-2)18-28-26(30-20)23-11-7-14-31(19-23)15-13-21-8-4-3-5-9-21/h3-6,8-10,12,16,18,23H,7,11,13-15,17,19H2,1-2H3,(H,29,32)/t23-/m1/s1. The number of hydrogen-bond donors (Lipinski definition) is 1. The molecule has 0 aliphatic carbocycles. The van der Waals surface area contributed by atoms with Crippen LogP contribution in [-0.4, -0.2) is 47.5 Å². The normalized spacial score (nSPS) is 16.4. The number of carbonyl (C=O) groups excluding carboxylic acids is 1. The number of ether oxygens (including phenoxy) is 1. The summed E-state index contributed by atoms with van der Waals surface area (Å²) in [7, 11) is 1.63. The Morgan fingerprint density at radius 1 is 1.15 bits per heavy atom. The molecule has 1 N–H and O–H groups in total. The number of likely N-dealkylation sites (tertiary alicyclic amines) is 1. The van der Waals surface area contributed by atoms with Crippen LogP contribution < -0.4 is 10.1 Å². The van der Waals surface area contributed by atoms with Crippen molar-refractivity contribution in [3.8, 4) is 5.75 Å². The molecule has 33 heavy (non-hydrogen) atoms. The van der Waals surface area contributed by atoms with E-state index in [1.165, 1.54) is 5.56 Å². The first-order valence-corrected chi connectivity index (χ1v) is 11.6. The topological polar surface area (TPSA) is 67.3 Å².